The lowest BCUT2D eigenvalue weighted by Gasteiger charge is -2.32. The first-order valence-electron chi connectivity index (χ1n) is 11.4. The number of aromatic nitrogens is 1. The quantitative estimate of drug-likeness (QED) is 0.354. The van der Waals surface area contributed by atoms with E-state index in [0.29, 0.717) is 24.1 Å². The van der Waals surface area contributed by atoms with E-state index in [1.54, 1.807) is 29.8 Å². The van der Waals surface area contributed by atoms with Gasteiger partial charge in [-0.2, -0.15) is 13.2 Å². The highest BCUT2D eigenvalue weighted by Crippen LogP contribution is 2.60. The summed E-state index contributed by atoms with van der Waals surface area (Å²) in [6.07, 6.45) is -0.824. The van der Waals surface area contributed by atoms with Crippen LogP contribution in [-0.2, 0) is 24.1 Å². The van der Waals surface area contributed by atoms with Crippen molar-refractivity contribution < 1.29 is 18.0 Å². The number of carbonyl (C=O) groups is 1. The number of hydrogen-bond acceptors (Lipinski definition) is 3. The van der Waals surface area contributed by atoms with E-state index in [1.807, 2.05) is 12.1 Å². The molecule has 0 saturated carbocycles. The Hall–Kier alpha value is -2.48. The van der Waals surface area contributed by atoms with E-state index < -0.39 is 10.9 Å². The molecule has 1 aliphatic carbocycles. The summed E-state index contributed by atoms with van der Waals surface area (Å²) in [4.78, 5) is 17.2. The summed E-state index contributed by atoms with van der Waals surface area (Å²) in [5.41, 5.74) is 4.59. The molecule has 1 amide bonds. The second-order valence-electron chi connectivity index (χ2n) is 8.90. The fourth-order valence-corrected chi connectivity index (χ4v) is 6.66. The van der Waals surface area contributed by atoms with Gasteiger partial charge in [0.2, 0.25) is 0 Å². The van der Waals surface area contributed by atoms with Crippen molar-refractivity contribution in [2.24, 2.45) is 0 Å². The highest BCUT2D eigenvalue weighted by atomic mass is 35.5. The highest BCUT2D eigenvalue weighted by molar-refractivity contribution is 8.03. The van der Waals surface area contributed by atoms with Gasteiger partial charge in [0.1, 0.15) is 4.75 Å². The number of amides is 1. The first kappa shape index (κ1) is 25.2. The molecular weight excluding hydrogens is 528 g/mol. The number of fused-ring (bicyclic) bond motifs is 1. The molecule has 0 radical (unpaired) electrons. The molecule has 9 heteroatoms. The number of nitrogens with one attached hydrogen (secondary N) is 1. The number of hydrogen-bond donors (Lipinski definition) is 1. The molecule has 5 rings (SSSR count). The average molecular weight is 549 g/mol. The van der Waals surface area contributed by atoms with Gasteiger partial charge in [-0.1, -0.05) is 35.3 Å². The van der Waals surface area contributed by atoms with E-state index >= 15 is 0 Å². The predicted molar refractivity (Wildman–Crippen MR) is 138 cm³/mol. The maximum Gasteiger partial charge on any atom is 0.407 e. The van der Waals surface area contributed by atoms with Crippen LogP contribution in [0.1, 0.15) is 51.1 Å². The Morgan fingerprint density at radius 2 is 1.81 bits per heavy atom. The fraction of sp³-hybridized carbons (Fsp3) is 0.259. The molecule has 186 valence electrons. The van der Waals surface area contributed by atoms with Crippen LogP contribution < -0.4 is 5.32 Å². The Kier molecular flexibility index (Phi) is 6.83. The predicted octanol–water partition coefficient (Wildman–Crippen LogP) is 7.74. The Balaban J connectivity index is 1.44. The Morgan fingerprint density at radius 3 is 2.50 bits per heavy atom. The number of halogens is 5. The fourth-order valence-electron chi connectivity index (χ4n) is 4.96. The summed E-state index contributed by atoms with van der Waals surface area (Å²) in [6.45, 7) is 0.300. The first-order valence-corrected chi connectivity index (χ1v) is 13.0. The summed E-state index contributed by atoms with van der Waals surface area (Å²) >= 11 is 12.9. The van der Waals surface area contributed by atoms with Crippen molar-refractivity contribution in [1.29, 1.82) is 0 Å². The van der Waals surface area contributed by atoms with E-state index in [4.69, 9.17) is 23.2 Å². The lowest BCUT2D eigenvalue weighted by Crippen LogP contribution is -2.37. The minimum Gasteiger partial charge on any atom is -0.346 e. The molecule has 1 unspecified atom stereocenters. The van der Waals surface area contributed by atoms with Crippen molar-refractivity contribution in [3.05, 3.63) is 104 Å². The first-order chi connectivity index (χ1) is 17.2. The number of allylic oxidation sites excluding steroid dienone is 1. The molecule has 0 fully saturated rings. The Morgan fingerprint density at radius 1 is 1.06 bits per heavy atom. The zero-order valence-electron chi connectivity index (χ0n) is 19.0. The molecule has 1 aliphatic heterocycles. The smallest absolute Gasteiger partial charge is 0.346 e. The number of carbonyl (C=O) groups excluding carboxylic acids is 1. The maximum atomic E-state index is 14.5. The molecule has 36 heavy (non-hydrogen) atoms. The van der Waals surface area contributed by atoms with E-state index in [2.05, 4.69) is 10.3 Å². The van der Waals surface area contributed by atoms with Crippen LogP contribution in [0, 0.1) is 0 Å². The molecule has 1 atom stereocenters. The number of rotatable bonds is 5. The monoisotopic (exact) mass is 548 g/mol. The van der Waals surface area contributed by atoms with Crippen LogP contribution in [0.15, 0.2) is 60.1 Å². The van der Waals surface area contributed by atoms with Crippen molar-refractivity contribution in [3.63, 3.8) is 0 Å². The topological polar surface area (TPSA) is 42.0 Å². The van der Waals surface area contributed by atoms with E-state index in [0.717, 1.165) is 47.0 Å². The largest absolute Gasteiger partial charge is 0.407 e. The molecule has 3 aromatic rings. The molecule has 0 bridgehead atoms. The van der Waals surface area contributed by atoms with E-state index in [-0.39, 0.29) is 27.9 Å². The van der Waals surface area contributed by atoms with Gasteiger partial charge < -0.3 is 5.32 Å². The number of thioether (sulfide) groups is 1. The van der Waals surface area contributed by atoms with Crippen molar-refractivity contribution >= 4 is 46.4 Å². The molecule has 0 saturated heterocycles. The van der Waals surface area contributed by atoms with Crippen LogP contribution >= 0.6 is 35.0 Å². The molecule has 2 aliphatic rings. The van der Waals surface area contributed by atoms with Crippen LogP contribution in [0.4, 0.5) is 13.2 Å². The van der Waals surface area contributed by atoms with Gasteiger partial charge in [-0.3, -0.25) is 9.78 Å². The summed E-state index contributed by atoms with van der Waals surface area (Å²) in [5, 5.41) is 4.83. The minimum absolute atomic E-state index is 0.0333. The third-order valence-electron chi connectivity index (χ3n) is 6.66. The third-order valence-corrected chi connectivity index (χ3v) is 8.51. The minimum atomic E-state index is -4.53. The highest BCUT2D eigenvalue weighted by Gasteiger charge is 2.58. The van der Waals surface area contributed by atoms with Crippen molar-refractivity contribution in [1.82, 2.24) is 10.3 Å². The van der Waals surface area contributed by atoms with Crippen LogP contribution in [0.5, 0.6) is 0 Å². The van der Waals surface area contributed by atoms with Gasteiger partial charge in [-0.25, -0.2) is 0 Å². The van der Waals surface area contributed by atoms with Crippen LogP contribution in [0.3, 0.4) is 0 Å². The zero-order chi connectivity index (χ0) is 25.5. The summed E-state index contributed by atoms with van der Waals surface area (Å²) < 4.78 is 41.4. The standard InChI is InChI=1S/C27H21Cl2F3N2OS/c28-18-10-17(11-19(29)12-18)26(27(30,31)32)13-16(15-36-26)21-7-8-24(23-6-3-5-22(21)23)25(35)34-14-20-4-1-2-9-33-20/h1-2,4,7-12,15H,3,5-6,13-14H2,(H,34,35). The maximum absolute atomic E-state index is 14.5. The number of benzene rings is 2. The van der Waals surface area contributed by atoms with Gasteiger partial charge in [0.15, 0.2) is 0 Å². The van der Waals surface area contributed by atoms with Crippen molar-refractivity contribution in [2.45, 2.75) is 43.2 Å². The van der Waals surface area contributed by atoms with Gasteiger partial charge in [0.25, 0.3) is 5.91 Å². The van der Waals surface area contributed by atoms with Gasteiger partial charge in [-0.15, -0.1) is 11.8 Å². The van der Waals surface area contributed by atoms with E-state index in [9.17, 15) is 18.0 Å². The average Bonchev–Trinajstić information content (AvgIpc) is 3.50. The molecule has 2 heterocycles. The molecule has 2 aromatic carbocycles. The number of alkyl halides is 3. The second-order valence-corrected chi connectivity index (χ2v) is 10.9. The number of pyridine rings is 1. The van der Waals surface area contributed by atoms with Crippen molar-refractivity contribution in [3.8, 4) is 0 Å². The molecule has 1 N–H and O–H groups in total. The van der Waals surface area contributed by atoms with Gasteiger partial charge in [0, 0.05) is 28.2 Å². The Bertz CT molecular complexity index is 1340. The summed E-state index contributed by atoms with van der Waals surface area (Å²) in [7, 11) is 0. The Labute approximate surface area is 221 Å². The lowest BCUT2D eigenvalue weighted by atomic mass is 9.85. The molecule has 0 spiro atoms. The normalized spacial score (nSPS) is 19.2. The SMILES string of the molecule is O=C(NCc1ccccn1)c1ccc(C2=CSC(c3cc(Cl)cc(Cl)c3)(C(F)(F)F)C2)c2c1CCC2. The van der Waals surface area contributed by atoms with Crippen LogP contribution in [0.2, 0.25) is 10.0 Å². The number of nitrogens with zero attached hydrogens (tertiary/aromatic N) is 1. The summed E-state index contributed by atoms with van der Waals surface area (Å²) in [5.74, 6) is -0.210. The summed E-state index contributed by atoms with van der Waals surface area (Å²) in [6, 6.07) is 13.1. The lowest BCUT2D eigenvalue weighted by molar-refractivity contribution is -0.160. The van der Waals surface area contributed by atoms with Crippen LogP contribution in [-0.4, -0.2) is 17.1 Å². The molecule has 3 nitrogen and oxygen atoms in total. The van der Waals surface area contributed by atoms with E-state index in [1.165, 1.54) is 18.2 Å². The molecule has 1 aromatic heterocycles. The van der Waals surface area contributed by atoms with Crippen LogP contribution in [0.25, 0.3) is 5.57 Å². The zero-order valence-corrected chi connectivity index (χ0v) is 21.3. The van der Waals surface area contributed by atoms with Gasteiger partial charge in [-0.05, 0) is 88.9 Å². The van der Waals surface area contributed by atoms with Gasteiger partial charge in [0.05, 0.1) is 12.2 Å². The third kappa shape index (κ3) is 4.64. The van der Waals surface area contributed by atoms with Crippen molar-refractivity contribution in [2.75, 3.05) is 0 Å². The second kappa shape index (κ2) is 9.77. The van der Waals surface area contributed by atoms with Gasteiger partial charge >= 0.3 is 6.18 Å². The molecular formula is C27H21Cl2F3N2OS.